The van der Waals surface area contributed by atoms with Crippen molar-refractivity contribution in [2.45, 2.75) is 6.92 Å². The van der Waals surface area contributed by atoms with Gasteiger partial charge in [-0.15, -0.1) is 0 Å². The zero-order valence-corrected chi connectivity index (χ0v) is 12.8. The third kappa shape index (κ3) is 3.56. The molecule has 0 saturated heterocycles. The van der Waals surface area contributed by atoms with E-state index in [1.165, 1.54) is 11.0 Å². The first kappa shape index (κ1) is 15.9. The topological polar surface area (TPSA) is 75.4 Å². The number of anilines is 3. The van der Waals surface area contributed by atoms with E-state index in [2.05, 4.69) is 5.32 Å². The first-order valence-electron chi connectivity index (χ1n) is 6.76. The van der Waals surface area contributed by atoms with Gasteiger partial charge in [0.05, 0.1) is 10.7 Å². The molecule has 0 heterocycles. The molecule has 0 unspecified atom stereocenters. The normalized spacial score (nSPS) is 10.1. The molecule has 0 atom stereocenters. The Morgan fingerprint density at radius 3 is 2.45 bits per heavy atom. The predicted molar refractivity (Wildman–Crippen MR) is 89.0 cm³/mol. The number of halogens is 1. The average molecular weight is 318 g/mol. The van der Waals surface area contributed by atoms with Gasteiger partial charge in [0.25, 0.3) is 0 Å². The Morgan fingerprint density at radius 1 is 1.18 bits per heavy atom. The van der Waals surface area contributed by atoms with Crippen molar-refractivity contribution in [1.82, 2.24) is 0 Å². The molecule has 2 rings (SSSR count). The summed E-state index contributed by atoms with van der Waals surface area (Å²) in [6, 6.07) is 13.7. The van der Waals surface area contributed by atoms with Crippen LogP contribution in [0.5, 0.6) is 0 Å². The summed E-state index contributed by atoms with van der Waals surface area (Å²) in [5.41, 5.74) is 7.10. The minimum atomic E-state index is -0.730. The Balaban J connectivity index is 2.14. The van der Waals surface area contributed by atoms with Crippen LogP contribution >= 0.6 is 11.6 Å². The van der Waals surface area contributed by atoms with E-state index in [9.17, 15) is 9.59 Å². The molecule has 5 nitrogen and oxygen atoms in total. The van der Waals surface area contributed by atoms with E-state index in [4.69, 9.17) is 17.3 Å². The molecule has 0 bridgehead atoms. The highest BCUT2D eigenvalue weighted by molar-refractivity contribution is 6.44. The van der Waals surface area contributed by atoms with Gasteiger partial charge in [-0.25, -0.2) is 0 Å². The van der Waals surface area contributed by atoms with Crippen molar-refractivity contribution in [2.24, 2.45) is 0 Å². The fourth-order valence-corrected chi connectivity index (χ4v) is 2.14. The van der Waals surface area contributed by atoms with Crippen LogP contribution < -0.4 is 16.0 Å². The van der Waals surface area contributed by atoms with E-state index >= 15 is 0 Å². The van der Waals surface area contributed by atoms with Gasteiger partial charge in [-0.05, 0) is 37.3 Å². The number of nitrogens with zero attached hydrogens (tertiary/aromatic N) is 1. The van der Waals surface area contributed by atoms with Crippen molar-refractivity contribution in [2.75, 3.05) is 22.5 Å². The van der Waals surface area contributed by atoms with Gasteiger partial charge >= 0.3 is 11.8 Å². The molecule has 0 fully saturated rings. The second-order valence-corrected chi connectivity index (χ2v) is 4.98. The van der Waals surface area contributed by atoms with Crippen LogP contribution in [-0.2, 0) is 9.59 Å². The number of para-hydroxylation sites is 1. The molecular weight excluding hydrogens is 302 g/mol. The fraction of sp³-hybridized carbons (Fsp3) is 0.125. The summed E-state index contributed by atoms with van der Waals surface area (Å²) in [5, 5.41) is 2.84. The molecule has 0 aliphatic carbocycles. The molecular formula is C16H16ClN3O2. The van der Waals surface area contributed by atoms with E-state index < -0.39 is 11.8 Å². The molecule has 114 valence electrons. The molecule has 0 aromatic heterocycles. The summed E-state index contributed by atoms with van der Waals surface area (Å²) >= 11 is 5.89. The number of hydrogen-bond donors (Lipinski definition) is 2. The number of amides is 2. The monoisotopic (exact) mass is 317 g/mol. The van der Waals surface area contributed by atoms with Gasteiger partial charge < -0.3 is 16.0 Å². The molecule has 2 aromatic carbocycles. The highest BCUT2D eigenvalue weighted by Gasteiger charge is 2.22. The fourth-order valence-electron chi connectivity index (χ4n) is 1.96. The van der Waals surface area contributed by atoms with Gasteiger partial charge in [0, 0.05) is 17.9 Å². The number of benzene rings is 2. The van der Waals surface area contributed by atoms with E-state index in [-0.39, 0.29) is 0 Å². The summed E-state index contributed by atoms with van der Waals surface area (Å²) in [6.45, 7) is 2.19. The largest absolute Gasteiger partial charge is 0.398 e. The quantitative estimate of drug-likeness (QED) is 0.675. The maximum atomic E-state index is 12.3. The van der Waals surface area contributed by atoms with Crippen LogP contribution in [0.15, 0.2) is 48.5 Å². The maximum Gasteiger partial charge on any atom is 0.316 e. The van der Waals surface area contributed by atoms with Crippen molar-refractivity contribution < 1.29 is 9.59 Å². The van der Waals surface area contributed by atoms with Crippen LogP contribution in [-0.4, -0.2) is 18.4 Å². The van der Waals surface area contributed by atoms with Gasteiger partial charge in [0.2, 0.25) is 0 Å². The Morgan fingerprint density at radius 2 is 1.86 bits per heavy atom. The molecule has 22 heavy (non-hydrogen) atoms. The standard InChI is InChI=1S/C16H16ClN3O2/c1-2-20(12-6-4-3-5-7-12)16(22)15(21)19-11-8-9-14(18)13(17)10-11/h3-10H,2,18H2,1H3,(H,19,21). The second-order valence-electron chi connectivity index (χ2n) is 4.58. The molecule has 0 spiro atoms. The molecule has 2 amide bonds. The number of likely N-dealkylation sites (N-methyl/N-ethyl adjacent to an activating group) is 1. The molecule has 3 N–H and O–H groups in total. The first-order chi connectivity index (χ1) is 10.5. The Hall–Kier alpha value is -2.53. The van der Waals surface area contributed by atoms with Crippen LogP contribution in [0.1, 0.15) is 6.92 Å². The third-order valence-electron chi connectivity index (χ3n) is 3.08. The molecule has 0 saturated carbocycles. The van der Waals surface area contributed by atoms with Gasteiger partial charge in [-0.3, -0.25) is 9.59 Å². The van der Waals surface area contributed by atoms with Crippen molar-refractivity contribution >= 4 is 40.5 Å². The second kappa shape index (κ2) is 6.95. The number of nitrogen functional groups attached to an aromatic ring is 1. The molecule has 0 aliphatic rings. The van der Waals surface area contributed by atoms with Gasteiger partial charge in [0.15, 0.2) is 0 Å². The van der Waals surface area contributed by atoms with Gasteiger partial charge in [0.1, 0.15) is 0 Å². The number of nitrogens with one attached hydrogen (secondary N) is 1. The Bertz CT molecular complexity index is 689. The SMILES string of the molecule is CCN(C(=O)C(=O)Nc1ccc(N)c(Cl)c1)c1ccccc1. The summed E-state index contributed by atoms with van der Waals surface area (Å²) in [7, 11) is 0. The lowest BCUT2D eigenvalue weighted by molar-refractivity contribution is -0.134. The van der Waals surface area contributed by atoms with Crippen LogP contribution in [0.2, 0.25) is 5.02 Å². The van der Waals surface area contributed by atoms with Crippen molar-refractivity contribution in [3.05, 3.63) is 53.6 Å². The first-order valence-corrected chi connectivity index (χ1v) is 7.13. The lowest BCUT2D eigenvalue weighted by Crippen LogP contribution is -2.39. The van der Waals surface area contributed by atoms with Gasteiger partial charge in [-0.1, -0.05) is 29.8 Å². The van der Waals surface area contributed by atoms with E-state index in [0.717, 1.165) is 0 Å². The third-order valence-corrected chi connectivity index (χ3v) is 3.41. The van der Waals surface area contributed by atoms with Crippen molar-refractivity contribution in [1.29, 1.82) is 0 Å². The number of nitrogens with two attached hydrogens (primary N) is 1. The zero-order valence-electron chi connectivity index (χ0n) is 12.0. The van der Waals surface area contributed by atoms with Gasteiger partial charge in [-0.2, -0.15) is 0 Å². The summed E-state index contributed by atoms with van der Waals surface area (Å²) in [6.07, 6.45) is 0. The van der Waals surface area contributed by atoms with Crippen LogP contribution in [0.4, 0.5) is 17.1 Å². The van der Waals surface area contributed by atoms with Crippen molar-refractivity contribution in [3.8, 4) is 0 Å². The summed E-state index contributed by atoms with van der Waals surface area (Å²) in [5.74, 6) is -1.37. The van der Waals surface area contributed by atoms with Crippen LogP contribution in [0.3, 0.4) is 0 Å². The number of hydrogen-bond acceptors (Lipinski definition) is 3. The molecule has 0 radical (unpaired) electrons. The lowest BCUT2D eigenvalue weighted by Gasteiger charge is -2.20. The van der Waals surface area contributed by atoms with Crippen LogP contribution in [0, 0.1) is 0 Å². The summed E-state index contributed by atoms with van der Waals surface area (Å²) < 4.78 is 0. The Labute approximate surface area is 133 Å². The minimum absolute atomic E-state index is 0.320. The van der Waals surface area contributed by atoms with Crippen LogP contribution in [0.25, 0.3) is 0 Å². The maximum absolute atomic E-state index is 12.3. The number of carbonyl (C=O) groups excluding carboxylic acids is 2. The highest BCUT2D eigenvalue weighted by Crippen LogP contribution is 2.22. The lowest BCUT2D eigenvalue weighted by atomic mass is 10.2. The van der Waals surface area contributed by atoms with Crippen molar-refractivity contribution in [3.63, 3.8) is 0 Å². The Kier molecular flexibility index (Phi) is 5.01. The average Bonchev–Trinajstić information content (AvgIpc) is 2.52. The minimum Gasteiger partial charge on any atom is -0.398 e. The molecule has 6 heteroatoms. The predicted octanol–water partition coefficient (Wildman–Crippen LogP) is 2.91. The molecule has 0 aliphatic heterocycles. The van der Waals surface area contributed by atoms with E-state index in [1.807, 2.05) is 18.2 Å². The van der Waals surface area contributed by atoms with E-state index in [0.29, 0.717) is 28.6 Å². The van der Waals surface area contributed by atoms with E-state index in [1.54, 1.807) is 31.2 Å². The summed E-state index contributed by atoms with van der Waals surface area (Å²) in [4.78, 5) is 25.8. The zero-order chi connectivity index (χ0) is 16.1. The highest BCUT2D eigenvalue weighted by atomic mass is 35.5. The number of rotatable bonds is 3. The molecule has 2 aromatic rings. The number of carbonyl (C=O) groups is 2. The smallest absolute Gasteiger partial charge is 0.316 e.